The summed E-state index contributed by atoms with van der Waals surface area (Å²) in [6.07, 6.45) is -0.522. The van der Waals surface area contributed by atoms with Gasteiger partial charge in [0.15, 0.2) is 6.10 Å². The largest absolute Gasteiger partial charge is 0.383 e. The van der Waals surface area contributed by atoms with E-state index in [-0.39, 0.29) is 11.3 Å². The van der Waals surface area contributed by atoms with Gasteiger partial charge in [0.1, 0.15) is 0 Å². The fourth-order valence-electron chi connectivity index (χ4n) is 2.33. The maximum atomic E-state index is 12.4. The Labute approximate surface area is 126 Å². The van der Waals surface area contributed by atoms with Gasteiger partial charge in [-0.15, -0.1) is 0 Å². The number of benzene rings is 2. The smallest absolute Gasteiger partial charge is 0.280 e. The van der Waals surface area contributed by atoms with Crippen LogP contribution in [0, 0.1) is 10.1 Å². The van der Waals surface area contributed by atoms with Crippen molar-refractivity contribution in [3.05, 3.63) is 75.8 Å². The summed E-state index contributed by atoms with van der Waals surface area (Å²) in [7, 11) is 0. The van der Waals surface area contributed by atoms with Crippen LogP contribution in [0.2, 0.25) is 0 Å². The minimum absolute atomic E-state index is 0.0435. The quantitative estimate of drug-likeness (QED) is 0.493. The lowest BCUT2D eigenvalue weighted by Crippen LogP contribution is -2.22. The third-order valence-corrected chi connectivity index (χ3v) is 3.43. The van der Waals surface area contributed by atoms with Crippen LogP contribution >= 0.6 is 0 Å². The fourth-order valence-corrected chi connectivity index (χ4v) is 2.33. The molecule has 1 aliphatic heterocycles. The standard InChI is InChI=1S/C16H12N2O4/c19-16(12-8-4-5-9-14(12)18(20)21)15-10-13(17-22-15)11-6-2-1-3-7-11/h1-9,15H,10H2. The van der Waals surface area contributed by atoms with Crippen LogP contribution in [-0.2, 0) is 4.84 Å². The number of hydrogen-bond donors (Lipinski definition) is 0. The van der Waals surface area contributed by atoms with Gasteiger partial charge in [-0.3, -0.25) is 14.9 Å². The molecule has 0 radical (unpaired) electrons. The molecular formula is C16H12N2O4. The van der Waals surface area contributed by atoms with Gasteiger partial charge in [0.2, 0.25) is 5.78 Å². The average molecular weight is 296 g/mol. The number of nitro groups is 1. The van der Waals surface area contributed by atoms with Crippen LogP contribution in [0.1, 0.15) is 22.3 Å². The van der Waals surface area contributed by atoms with Crippen molar-refractivity contribution < 1.29 is 14.6 Å². The van der Waals surface area contributed by atoms with Crippen molar-refractivity contribution in [2.75, 3.05) is 0 Å². The second kappa shape index (κ2) is 5.77. The Kier molecular flexibility index (Phi) is 3.65. The summed E-state index contributed by atoms with van der Waals surface area (Å²) in [4.78, 5) is 28.1. The molecule has 1 heterocycles. The minimum atomic E-state index is -0.823. The topological polar surface area (TPSA) is 81.8 Å². The Morgan fingerprint density at radius 1 is 1.14 bits per heavy atom. The van der Waals surface area contributed by atoms with Crippen LogP contribution in [0.3, 0.4) is 0 Å². The number of rotatable bonds is 4. The number of nitrogens with zero attached hydrogens (tertiary/aromatic N) is 2. The zero-order valence-electron chi connectivity index (χ0n) is 11.5. The van der Waals surface area contributed by atoms with Gasteiger partial charge in [0, 0.05) is 12.5 Å². The van der Waals surface area contributed by atoms with Crippen molar-refractivity contribution in [1.29, 1.82) is 0 Å². The number of hydrogen-bond acceptors (Lipinski definition) is 5. The third-order valence-electron chi connectivity index (χ3n) is 3.43. The summed E-state index contributed by atoms with van der Waals surface area (Å²) in [5, 5.41) is 14.9. The van der Waals surface area contributed by atoms with E-state index in [2.05, 4.69) is 5.16 Å². The molecule has 2 aromatic rings. The Morgan fingerprint density at radius 3 is 2.55 bits per heavy atom. The summed E-state index contributed by atoms with van der Waals surface area (Å²) in [5.41, 5.74) is 1.36. The zero-order valence-corrected chi connectivity index (χ0v) is 11.5. The highest BCUT2D eigenvalue weighted by atomic mass is 16.6. The SMILES string of the molecule is O=C(c1ccccc1[N+](=O)[O-])C1CC(c2ccccc2)=NO1. The van der Waals surface area contributed by atoms with Crippen LogP contribution in [0.25, 0.3) is 0 Å². The van der Waals surface area contributed by atoms with E-state index in [1.165, 1.54) is 18.2 Å². The number of ketones is 1. The molecule has 0 fully saturated rings. The zero-order chi connectivity index (χ0) is 15.5. The van der Waals surface area contributed by atoms with Crippen molar-refractivity contribution in [3.8, 4) is 0 Å². The molecule has 110 valence electrons. The van der Waals surface area contributed by atoms with Gasteiger partial charge in [-0.2, -0.15) is 0 Å². The summed E-state index contributed by atoms with van der Waals surface area (Å²) in [5.74, 6) is -0.429. The number of carbonyl (C=O) groups is 1. The molecule has 3 rings (SSSR count). The van der Waals surface area contributed by atoms with E-state index in [4.69, 9.17) is 4.84 Å². The number of carbonyl (C=O) groups excluding carboxylic acids is 1. The Balaban J connectivity index is 1.80. The molecule has 22 heavy (non-hydrogen) atoms. The van der Waals surface area contributed by atoms with Gasteiger partial charge in [0.25, 0.3) is 5.69 Å². The van der Waals surface area contributed by atoms with Gasteiger partial charge in [-0.1, -0.05) is 47.6 Å². The molecule has 0 aliphatic carbocycles. The predicted molar refractivity (Wildman–Crippen MR) is 79.9 cm³/mol. The molecular weight excluding hydrogens is 284 g/mol. The van der Waals surface area contributed by atoms with E-state index in [0.29, 0.717) is 12.1 Å². The van der Waals surface area contributed by atoms with Crippen molar-refractivity contribution >= 4 is 17.2 Å². The molecule has 1 unspecified atom stereocenters. The maximum absolute atomic E-state index is 12.4. The third kappa shape index (κ3) is 2.58. The number of oxime groups is 1. The normalized spacial score (nSPS) is 16.7. The highest BCUT2D eigenvalue weighted by molar-refractivity contribution is 6.09. The first kappa shape index (κ1) is 13.9. The summed E-state index contributed by atoms with van der Waals surface area (Å²) in [6, 6.07) is 15.2. The van der Waals surface area contributed by atoms with E-state index in [1.54, 1.807) is 6.07 Å². The van der Waals surface area contributed by atoms with Gasteiger partial charge < -0.3 is 4.84 Å². The molecule has 0 saturated heterocycles. The van der Waals surface area contributed by atoms with Crippen LogP contribution in [0.5, 0.6) is 0 Å². The van der Waals surface area contributed by atoms with Crippen molar-refractivity contribution in [3.63, 3.8) is 0 Å². The monoisotopic (exact) mass is 296 g/mol. The molecule has 0 spiro atoms. The van der Waals surface area contributed by atoms with Gasteiger partial charge in [0.05, 0.1) is 16.2 Å². The van der Waals surface area contributed by atoms with Crippen molar-refractivity contribution in [1.82, 2.24) is 0 Å². The van der Waals surface area contributed by atoms with Crippen molar-refractivity contribution in [2.24, 2.45) is 5.16 Å². The summed E-state index contributed by atoms with van der Waals surface area (Å²) in [6.45, 7) is 0. The van der Waals surface area contributed by atoms with Gasteiger partial charge >= 0.3 is 0 Å². The lowest BCUT2D eigenvalue weighted by atomic mass is 9.98. The predicted octanol–water partition coefficient (Wildman–Crippen LogP) is 2.97. The second-order valence-corrected chi connectivity index (χ2v) is 4.84. The van der Waals surface area contributed by atoms with Crippen molar-refractivity contribution in [2.45, 2.75) is 12.5 Å². The minimum Gasteiger partial charge on any atom is -0.383 e. The first-order valence-electron chi connectivity index (χ1n) is 6.72. The molecule has 2 aromatic carbocycles. The summed E-state index contributed by atoms with van der Waals surface area (Å²) < 4.78 is 0. The van der Waals surface area contributed by atoms with E-state index >= 15 is 0 Å². The van der Waals surface area contributed by atoms with Crippen LogP contribution in [0.15, 0.2) is 59.8 Å². The van der Waals surface area contributed by atoms with Crippen LogP contribution < -0.4 is 0 Å². The Hall–Kier alpha value is -3.02. The number of Topliss-reactive ketones (excluding diaryl/α,β-unsaturated/α-hetero) is 1. The molecule has 0 aromatic heterocycles. The van der Waals surface area contributed by atoms with Gasteiger partial charge in [-0.25, -0.2) is 0 Å². The summed E-state index contributed by atoms with van der Waals surface area (Å²) >= 11 is 0. The molecule has 0 N–H and O–H groups in total. The molecule has 1 aliphatic rings. The first-order chi connectivity index (χ1) is 10.7. The molecule has 0 amide bonds. The van der Waals surface area contributed by atoms with Crippen LogP contribution in [0.4, 0.5) is 5.69 Å². The molecule has 0 saturated carbocycles. The fraction of sp³-hybridized carbons (Fsp3) is 0.125. The van der Waals surface area contributed by atoms with Crippen LogP contribution in [-0.4, -0.2) is 22.5 Å². The Bertz CT molecular complexity index is 756. The second-order valence-electron chi connectivity index (χ2n) is 4.84. The van der Waals surface area contributed by atoms with E-state index in [0.717, 1.165) is 5.56 Å². The maximum Gasteiger partial charge on any atom is 0.280 e. The lowest BCUT2D eigenvalue weighted by molar-refractivity contribution is -0.385. The molecule has 1 atom stereocenters. The lowest BCUT2D eigenvalue weighted by Gasteiger charge is -2.07. The number of nitro benzene ring substituents is 1. The first-order valence-corrected chi connectivity index (χ1v) is 6.72. The molecule has 0 bridgehead atoms. The van der Waals surface area contributed by atoms with E-state index in [1.807, 2.05) is 30.3 Å². The average Bonchev–Trinajstić information content (AvgIpc) is 3.05. The molecule has 6 heteroatoms. The Morgan fingerprint density at radius 2 is 1.82 bits per heavy atom. The molecule has 6 nitrogen and oxygen atoms in total. The van der Waals surface area contributed by atoms with E-state index < -0.39 is 16.8 Å². The number of para-hydroxylation sites is 1. The highest BCUT2D eigenvalue weighted by Gasteiger charge is 2.33. The highest BCUT2D eigenvalue weighted by Crippen LogP contribution is 2.25. The van der Waals surface area contributed by atoms with E-state index in [9.17, 15) is 14.9 Å². The van der Waals surface area contributed by atoms with Gasteiger partial charge in [-0.05, 0) is 11.6 Å².